The number of rotatable bonds is 4. The van der Waals surface area contributed by atoms with Crippen LogP contribution in [0.25, 0.3) is 0 Å². The molecule has 13 heavy (non-hydrogen) atoms. The monoisotopic (exact) mass is 180 g/mol. The predicted octanol–water partition coefficient (Wildman–Crippen LogP) is 2.88. The number of ether oxygens (including phenoxy) is 1. The molecule has 1 aromatic carbocycles. The molecule has 0 saturated carbocycles. The van der Waals surface area contributed by atoms with E-state index in [1.54, 1.807) is 18.2 Å². The van der Waals surface area contributed by atoms with Crippen molar-refractivity contribution in [3.8, 4) is 11.5 Å². The molecule has 72 valence electrons. The van der Waals surface area contributed by atoms with Gasteiger partial charge >= 0.3 is 0 Å². The molecule has 0 amide bonds. The SMILES string of the molecule is CCCCOc1ccc(O)cc1C. The minimum Gasteiger partial charge on any atom is -0.508 e. The second-order valence-electron chi connectivity index (χ2n) is 3.15. The second-order valence-corrected chi connectivity index (χ2v) is 3.15. The van der Waals surface area contributed by atoms with Gasteiger partial charge in [-0.15, -0.1) is 0 Å². The maximum absolute atomic E-state index is 9.15. The normalized spacial score (nSPS) is 10.0. The van der Waals surface area contributed by atoms with Crippen molar-refractivity contribution in [1.82, 2.24) is 0 Å². The van der Waals surface area contributed by atoms with Crippen molar-refractivity contribution in [3.63, 3.8) is 0 Å². The van der Waals surface area contributed by atoms with Crippen LogP contribution < -0.4 is 4.74 Å². The number of benzene rings is 1. The molecule has 0 atom stereocenters. The number of phenolic OH excluding ortho intramolecular Hbond substituents is 1. The summed E-state index contributed by atoms with van der Waals surface area (Å²) in [5, 5.41) is 9.15. The molecular weight excluding hydrogens is 164 g/mol. The standard InChI is InChI=1S/C11H16O2/c1-3-4-7-13-11-6-5-10(12)8-9(11)2/h5-6,8,12H,3-4,7H2,1-2H3. The number of phenols is 1. The lowest BCUT2D eigenvalue weighted by atomic mass is 10.2. The van der Waals surface area contributed by atoms with E-state index < -0.39 is 0 Å². The highest BCUT2D eigenvalue weighted by Gasteiger charge is 1.99. The summed E-state index contributed by atoms with van der Waals surface area (Å²) in [6.45, 7) is 4.82. The highest BCUT2D eigenvalue weighted by atomic mass is 16.5. The fourth-order valence-electron chi connectivity index (χ4n) is 1.12. The first-order valence-corrected chi connectivity index (χ1v) is 4.66. The molecule has 0 unspecified atom stereocenters. The zero-order chi connectivity index (χ0) is 9.68. The summed E-state index contributed by atoms with van der Waals surface area (Å²) in [4.78, 5) is 0. The van der Waals surface area contributed by atoms with Crippen molar-refractivity contribution in [2.45, 2.75) is 26.7 Å². The maximum atomic E-state index is 9.15. The Balaban J connectivity index is 2.56. The fraction of sp³-hybridized carbons (Fsp3) is 0.455. The second kappa shape index (κ2) is 4.75. The Labute approximate surface area is 79.2 Å². The molecule has 0 aliphatic rings. The Bertz CT molecular complexity index is 269. The highest BCUT2D eigenvalue weighted by Crippen LogP contribution is 2.22. The molecule has 0 saturated heterocycles. The molecule has 0 fully saturated rings. The van der Waals surface area contributed by atoms with Gasteiger partial charge in [0, 0.05) is 0 Å². The van der Waals surface area contributed by atoms with Crippen LogP contribution in [0.15, 0.2) is 18.2 Å². The van der Waals surface area contributed by atoms with Gasteiger partial charge in [-0.1, -0.05) is 13.3 Å². The minimum atomic E-state index is 0.292. The third kappa shape index (κ3) is 2.98. The molecule has 2 heteroatoms. The Hall–Kier alpha value is -1.18. The Morgan fingerprint density at radius 1 is 1.38 bits per heavy atom. The first-order chi connectivity index (χ1) is 6.24. The number of aromatic hydroxyl groups is 1. The van der Waals surface area contributed by atoms with Crippen molar-refractivity contribution in [2.24, 2.45) is 0 Å². The zero-order valence-corrected chi connectivity index (χ0v) is 8.21. The summed E-state index contributed by atoms with van der Waals surface area (Å²) >= 11 is 0. The molecule has 1 aromatic rings. The van der Waals surface area contributed by atoms with E-state index in [0.29, 0.717) is 5.75 Å². The van der Waals surface area contributed by atoms with Gasteiger partial charge in [0.1, 0.15) is 11.5 Å². The molecule has 0 aliphatic carbocycles. The van der Waals surface area contributed by atoms with E-state index in [1.165, 1.54) is 0 Å². The molecule has 0 radical (unpaired) electrons. The third-order valence-electron chi connectivity index (χ3n) is 1.91. The van der Waals surface area contributed by atoms with Gasteiger partial charge in [-0.05, 0) is 37.1 Å². The molecule has 0 spiro atoms. The zero-order valence-electron chi connectivity index (χ0n) is 8.21. The van der Waals surface area contributed by atoms with Gasteiger partial charge in [0.2, 0.25) is 0 Å². The third-order valence-corrected chi connectivity index (χ3v) is 1.91. The lowest BCUT2D eigenvalue weighted by Gasteiger charge is -2.08. The van der Waals surface area contributed by atoms with Crippen molar-refractivity contribution in [3.05, 3.63) is 23.8 Å². The number of unbranched alkanes of at least 4 members (excludes halogenated alkanes) is 1. The molecular formula is C11H16O2. The van der Waals surface area contributed by atoms with Crippen LogP contribution in [-0.2, 0) is 0 Å². The van der Waals surface area contributed by atoms with E-state index in [1.807, 2.05) is 6.92 Å². The molecule has 0 aromatic heterocycles. The van der Waals surface area contributed by atoms with Crippen molar-refractivity contribution in [2.75, 3.05) is 6.61 Å². The van der Waals surface area contributed by atoms with E-state index in [-0.39, 0.29) is 0 Å². The number of hydrogen-bond donors (Lipinski definition) is 1. The smallest absolute Gasteiger partial charge is 0.122 e. The lowest BCUT2D eigenvalue weighted by Crippen LogP contribution is -1.97. The van der Waals surface area contributed by atoms with Gasteiger partial charge in [0.15, 0.2) is 0 Å². The van der Waals surface area contributed by atoms with Crippen LogP contribution in [0.4, 0.5) is 0 Å². The van der Waals surface area contributed by atoms with Crippen LogP contribution in [0.5, 0.6) is 11.5 Å². The van der Waals surface area contributed by atoms with Gasteiger partial charge in [-0.3, -0.25) is 0 Å². The topological polar surface area (TPSA) is 29.5 Å². The predicted molar refractivity (Wildman–Crippen MR) is 53.2 cm³/mol. The molecule has 0 aliphatic heterocycles. The summed E-state index contributed by atoms with van der Waals surface area (Å²) in [5.41, 5.74) is 0.983. The van der Waals surface area contributed by atoms with E-state index in [0.717, 1.165) is 30.8 Å². The largest absolute Gasteiger partial charge is 0.508 e. The minimum absolute atomic E-state index is 0.292. The van der Waals surface area contributed by atoms with E-state index in [4.69, 9.17) is 9.84 Å². The van der Waals surface area contributed by atoms with Gasteiger partial charge in [0.25, 0.3) is 0 Å². The summed E-state index contributed by atoms with van der Waals surface area (Å²) in [6, 6.07) is 5.16. The van der Waals surface area contributed by atoms with E-state index in [9.17, 15) is 0 Å². The van der Waals surface area contributed by atoms with E-state index in [2.05, 4.69) is 6.92 Å². The molecule has 2 nitrogen and oxygen atoms in total. The van der Waals surface area contributed by atoms with Gasteiger partial charge in [-0.2, -0.15) is 0 Å². The fourth-order valence-corrected chi connectivity index (χ4v) is 1.12. The number of aryl methyl sites for hydroxylation is 1. The summed E-state index contributed by atoms with van der Waals surface area (Å²) in [5.74, 6) is 1.16. The van der Waals surface area contributed by atoms with Gasteiger partial charge < -0.3 is 9.84 Å². The summed E-state index contributed by atoms with van der Waals surface area (Å²) in [7, 11) is 0. The quantitative estimate of drug-likeness (QED) is 0.722. The highest BCUT2D eigenvalue weighted by molar-refractivity contribution is 5.38. The average Bonchev–Trinajstić information content (AvgIpc) is 2.09. The maximum Gasteiger partial charge on any atom is 0.122 e. The summed E-state index contributed by atoms with van der Waals surface area (Å²) < 4.78 is 5.52. The first-order valence-electron chi connectivity index (χ1n) is 4.66. The van der Waals surface area contributed by atoms with Gasteiger partial charge in [0.05, 0.1) is 6.61 Å². The van der Waals surface area contributed by atoms with Crippen LogP contribution in [0.2, 0.25) is 0 Å². The Morgan fingerprint density at radius 2 is 2.15 bits per heavy atom. The summed E-state index contributed by atoms with van der Waals surface area (Å²) in [6.07, 6.45) is 2.21. The van der Waals surface area contributed by atoms with Crippen molar-refractivity contribution >= 4 is 0 Å². The Morgan fingerprint density at radius 3 is 2.77 bits per heavy atom. The average molecular weight is 180 g/mol. The Kier molecular flexibility index (Phi) is 3.62. The van der Waals surface area contributed by atoms with Crippen molar-refractivity contribution in [1.29, 1.82) is 0 Å². The van der Waals surface area contributed by atoms with Crippen LogP contribution >= 0.6 is 0 Å². The molecule has 0 bridgehead atoms. The molecule has 1 N–H and O–H groups in total. The van der Waals surface area contributed by atoms with Gasteiger partial charge in [-0.25, -0.2) is 0 Å². The van der Waals surface area contributed by atoms with Crippen LogP contribution in [-0.4, -0.2) is 11.7 Å². The van der Waals surface area contributed by atoms with Crippen LogP contribution in [0, 0.1) is 6.92 Å². The number of hydrogen-bond acceptors (Lipinski definition) is 2. The van der Waals surface area contributed by atoms with Crippen LogP contribution in [0.3, 0.4) is 0 Å². The molecule has 0 heterocycles. The van der Waals surface area contributed by atoms with Crippen LogP contribution in [0.1, 0.15) is 25.3 Å². The van der Waals surface area contributed by atoms with Crippen molar-refractivity contribution < 1.29 is 9.84 Å². The lowest BCUT2D eigenvalue weighted by molar-refractivity contribution is 0.307. The van der Waals surface area contributed by atoms with E-state index >= 15 is 0 Å². The molecule has 1 rings (SSSR count). The first kappa shape index (κ1) is 9.90.